The van der Waals surface area contributed by atoms with Crippen molar-refractivity contribution in [2.75, 3.05) is 0 Å². The lowest BCUT2D eigenvalue weighted by atomic mass is 9.98. The molecule has 0 saturated carbocycles. The first-order chi connectivity index (χ1) is 10.4. The van der Waals surface area contributed by atoms with E-state index in [0.717, 1.165) is 6.42 Å². The zero-order valence-electron chi connectivity index (χ0n) is 12.3. The summed E-state index contributed by atoms with van der Waals surface area (Å²) in [4.78, 5) is 0. The third-order valence-corrected chi connectivity index (χ3v) is 3.82. The molecular formula is C20H20N+. The van der Waals surface area contributed by atoms with Gasteiger partial charge in [-0.05, 0) is 12.5 Å². The summed E-state index contributed by atoms with van der Waals surface area (Å²) in [5, 5.41) is 0. The molecule has 0 radical (unpaired) electrons. The highest BCUT2D eigenvalue weighted by molar-refractivity contribution is 5.29. The van der Waals surface area contributed by atoms with Crippen molar-refractivity contribution in [2.45, 2.75) is 19.4 Å². The maximum atomic E-state index is 2.31. The van der Waals surface area contributed by atoms with Crippen molar-refractivity contribution < 1.29 is 4.57 Å². The number of pyridine rings is 1. The Balaban J connectivity index is 2.12. The van der Waals surface area contributed by atoms with Crippen LogP contribution in [0.5, 0.6) is 0 Å². The Morgan fingerprint density at radius 3 is 1.86 bits per heavy atom. The third kappa shape index (κ3) is 3.03. The van der Waals surface area contributed by atoms with Gasteiger partial charge in [-0.3, -0.25) is 0 Å². The van der Waals surface area contributed by atoms with Crippen LogP contribution in [0.15, 0.2) is 85.2 Å². The molecule has 2 aromatic carbocycles. The van der Waals surface area contributed by atoms with E-state index in [1.807, 2.05) is 0 Å². The quantitative estimate of drug-likeness (QED) is 0.629. The first-order valence-electron chi connectivity index (χ1n) is 7.48. The van der Waals surface area contributed by atoms with E-state index in [-0.39, 0.29) is 6.04 Å². The van der Waals surface area contributed by atoms with Crippen LogP contribution < -0.4 is 4.57 Å². The number of hydrogen-bond donors (Lipinski definition) is 0. The summed E-state index contributed by atoms with van der Waals surface area (Å²) in [5.41, 5.74) is 3.97. The van der Waals surface area contributed by atoms with Crippen LogP contribution in [0, 0.1) is 0 Å². The lowest BCUT2D eigenvalue weighted by molar-refractivity contribution is -0.705. The summed E-state index contributed by atoms with van der Waals surface area (Å²) in [7, 11) is 0. The predicted octanol–water partition coefficient (Wildman–Crippen LogP) is 4.17. The van der Waals surface area contributed by atoms with Gasteiger partial charge in [0.2, 0.25) is 6.04 Å². The fraction of sp³-hybridized carbons (Fsp3) is 0.150. The zero-order valence-corrected chi connectivity index (χ0v) is 12.3. The lowest BCUT2D eigenvalue weighted by Gasteiger charge is -2.14. The molecule has 0 aliphatic rings. The van der Waals surface area contributed by atoms with Crippen molar-refractivity contribution in [2.24, 2.45) is 0 Å². The average Bonchev–Trinajstić information content (AvgIpc) is 2.57. The van der Waals surface area contributed by atoms with Crippen molar-refractivity contribution in [1.82, 2.24) is 0 Å². The minimum Gasteiger partial charge on any atom is -0.193 e. The summed E-state index contributed by atoms with van der Waals surface area (Å²) in [5.74, 6) is 0. The molecule has 3 aromatic rings. The SMILES string of the molecule is CCc1ccc[n+](C(c2ccccc2)c2ccccc2)c1. The first kappa shape index (κ1) is 13.6. The fourth-order valence-corrected chi connectivity index (χ4v) is 2.72. The zero-order chi connectivity index (χ0) is 14.5. The van der Waals surface area contributed by atoms with Gasteiger partial charge in [-0.2, -0.15) is 4.57 Å². The fourth-order valence-electron chi connectivity index (χ4n) is 2.72. The molecule has 3 rings (SSSR count). The highest BCUT2D eigenvalue weighted by atomic mass is 15.0. The topological polar surface area (TPSA) is 3.88 Å². The van der Waals surface area contributed by atoms with Crippen LogP contribution in [0.1, 0.15) is 29.7 Å². The molecule has 104 valence electrons. The van der Waals surface area contributed by atoms with Crippen LogP contribution in [-0.2, 0) is 6.42 Å². The van der Waals surface area contributed by atoms with E-state index in [1.54, 1.807) is 0 Å². The van der Waals surface area contributed by atoms with E-state index >= 15 is 0 Å². The molecule has 0 amide bonds. The van der Waals surface area contributed by atoms with E-state index in [9.17, 15) is 0 Å². The minimum absolute atomic E-state index is 0.221. The molecule has 0 saturated heterocycles. The van der Waals surface area contributed by atoms with Gasteiger partial charge in [0.1, 0.15) is 0 Å². The Morgan fingerprint density at radius 2 is 1.33 bits per heavy atom. The Kier molecular flexibility index (Phi) is 4.11. The standard InChI is InChI=1S/C20H20N/c1-2-17-10-9-15-21(16-17)20(18-11-5-3-6-12-18)19-13-7-4-8-14-19/h3-16,20H,2H2,1H3/q+1. The van der Waals surface area contributed by atoms with Crippen LogP contribution >= 0.6 is 0 Å². The molecule has 0 bridgehead atoms. The van der Waals surface area contributed by atoms with Gasteiger partial charge in [0.15, 0.2) is 12.4 Å². The lowest BCUT2D eigenvalue weighted by Crippen LogP contribution is -2.40. The molecule has 0 unspecified atom stereocenters. The predicted molar refractivity (Wildman–Crippen MR) is 86.1 cm³/mol. The van der Waals surface area contributed by atoms with Crippen molar-refractivity contribution in [1.29, 1.82) is 0 Å². The number of rotatable bonds is 4. The average molecular weight is 274 g/mol. The van der Waals surface area contributed by atoms with Gasteiger partial charge in [0, 0.05) is 22.8 Å². The van der Waals surface area contributed by atoms with Gasteiger partial charge < -0.3 is 0 Å². The molecule has 1 heteroatoms. The molecule has 1 nitrogen and oxygen atoms in total. The normalized spacial score (nSPS) is 10.8. The first-order valence-corrected chi connectivity index (χ1v) is 7.48. The third-order valence-electron chi connectivity index (χ3n) is 3.82. The van der Waals surface area contributed by atoms with Crippen LogP contribution in [0.3, 0.4) is 0 Å². The molecule has 0 atom stereocenters. The molecule has 1 aromatic heterocycles. The second kappa shape index (κ2) is 6.36. The minimum atomic E-state index is 0.221. The number of aryl methyl sites for hydroxylation is 1. The van der Waals surface area contributed by atoms with Gasteiger partial charge in [-0.25, -0.2) is 0 Å². The Labute approximate surface area is 126 Å². The van der Waals surface area contributed by atoms with Gasteiger partial charge >= 0.3 is 0 Å². The van der Waals surface area contributed by atoms with Crippen molar-refractivity contribution in [3.63, 3.8) is 0 Å². The largest absolute Gasteiger partial charge is 0.208 e. The smallest absolute Gasteiger partial charge is 0.193 e. The number of aromatic nitrogens is 1. The van der Waals surface area contributed by atoms with Crippen LogP contribution in [0.2, 0.25) is 0 Å². The summed E-state index contributed by atoms with van der Waals surface area (Å²) >= 11 is 0. The monoisotopic (exact) mass is 274 g/mol. The van der Waals surface area contributed by atoms with E-state index in [0.29, 0.717) is 0 Å². The van der Waals surface area contributed by atoms with Gasteiger partial charge in [-0.1, -0.05) is 67.6 Å². The van der Waals surface area contributed by atoms with E-state index in [1.165, 1.54) is 16.7 Å². The summed E-state index contributed by atoms with van der Waals surface area (Å²) in [6.07, 6.45) is 5.46. The number of benzene rings is 2. The molecule has 0 aliphatic carbocycles. The van der Waals surface area contributed by atoms with Crippen molar-refractivity contribution in [3.8, 4) is 0 Å². The Bertz CT molecular complexity index is 650. The maximum absolute atomic E-state index is 2.31. The molecule has 0 fully saturated rings. The van der Waals surface area contributed by atoms with Gasteiger partial charge in [-0.15, -0.1) is 0 Å². The highest BCUT2D eigenvalue weighted by Gasteiger charge is 2.22. The van der Waals surface area contributed by atoms with E-state index in [4.69, 9.17) is 0 Å². The Hall–Kier alpha value is -2.41. The number of hydrogen-bond acceptors (Lipinski definition) is 0. The second-order valence-corrected chi connectivity index (χ2v) is 5.24. The number of nitrogens with zero attached hydrogens (tertiary/aromatic N) is 1. The highest BCUT2D eigenvalue weighted by Crippen LogP contribution is 2.21. The van der Waals surface area contributed by atoms with Crippen molar-refractivity contribution >= 4 is 0 Å². The molecule has 0 aliphatic heterocycles. The van der Waals surface area contributed by atoms with Crippen LogP contribution in [-0.4, -0.2) is 0 Å². The van der Waals surface area contributed by atoms with E-state index in [2.05, 4.69) is 96.7 Å². The van der Waals surface area contributed by atoms with Crippen LogP contribution in [0.4, 0.5) is 0 Å². The summed E-state index contributed by atoms with van der Waals surface area (Å²) in [6.45, 7) is 2.19. The molecule has 0 spiro atoms. The van der Waals surface area contributed by atoms with Gasteiger partial charge in [0.25, 0.3) is 0 Å². The summed E-state index contributed by atoms with van der Waals surface area (Å²) in [6, 6.07) is 25.9. The van der Waals surface area contributed by atoms with E-state index < -0.39 is 0 Å². The molecule has 0 N–H and O–H groups in total. The van der Waals surface area contributed by atoms with Gasteiger partial charge in [0.05, 0.1) is 0 Å². The Morgan fingerprint density at radius 1 is 0.762 bits per heavy atom. The second-order valence-electron chi connectivity index (χ2n) is 5.24. The molecule has 1 heterocycles. The van der Waals surface area contributed by atoms with Crippen LogP contribution in [0.25, 0.3) is 0 Å². The molecule has 21 heavy (non-hydrogen) atoms. The van der Waals surface area contributed by atoms with Crippen molar-refractivity contribution in [3.05, 3.63) is 102 Å². The maximum Gasteiger partial charge on any atom is 0.208 e. The molecular weight excluding hydrogens is 254 g/mol. The summed E-state index contributed by atoms with van der Waals surface area (Å²) < 4.78 is 2.31.